The molecule has 24 heavy (non-hydrogen) atoms. The Hall–Kier alpha value is -2.43. The quantitative estimate of drug-likeness (QED) is 0.932. The van der Waals surface area contributed by atoms with E-state index in [1.807, 2.05) is 48.2 Å². The summed E-state index contributed by atoms with van der Waals surface area (Å²) >= 11 is 0. The predicted molar refractivity (Wildman–Crippen MR) is 94.2 cm³/mol. The Morgan fingerprint density at radius 3 is 2.50 bits per heavy atom. The highest BCUT2D eigenvalue weighted by atomic mass is 16.5. The van der Waals surface area contributed by atoms with Crippen molar-refractivity contribution < 1.29 is 9.53 Å². The number of likely N-dealkylation sites (tertiary alicyclic amines) is 1. The molecule has 0 radical (unpaired) electrons. The monoisotopic (exact) mass is 327 g/mol. The number of amides is 2. The lowest BCUT2D eigenvalue weighted by Crippen LogP contribution is -2.45. The summed E-state index contributed by atoms with van der Waals surface area (Å²) in [4.78, 5) is 14.5. The number of para-hydroxylation sites is 1. The van der Waals surface area contributed by atoms with Gasteiger partial charge in [0, 0.05) is 37.1 Å². The number of hydrogen-bond donors (Lipinski definition) is 1. The highest BCUT2D eigenvalue weighted by molar-refractivity contribution is 5.75. The van der Waals surface area contributed by atoms with Crippen molar-refractivity contribution in [2.24, 2.45) is 0 Å². The van der Waals surface area contributed by atoms with E-state index in [2.05, 4.69) is 22.3 Å². The Kier molecular flexibility index (Phi) is 5.08. The molecular weight excluding hydrogens is 302 g/mol. The van der Waals surface area contributed by atoms with Crippen molar-refractivity contribution in [3.8, 4) is 5.75 Å². The van der Waals surface area contributed by atoms with Gasteiger partial charge in [0.25, 0.3) is 0 Å². The summed E-state index contributed by atoms with van der Waals surface area (Å²) in [7, 11) is 1.65. The minimum atomic E-state index is -0.0872. The average molecular weight is 327 g/mol. The Bertz CT molecular complexity index is 661. The smallest absolute Gasteiger partial charge is 0.317 e. The molecule has 1 aromatic carbocycles. The molecule has 5 heteroatoms. The van der Waals surface area contributed by atoms with Crippen LogP contribution < -0.4 is 10.1 Å². The van der Waals surface area contributed by atoms with Crippen LogP contribution in [0.5, 0.6) is 5.75 Å². The summed E-state index contributed by atoms with van der Waals surface area (Å²) in [5.74, 6) is 0.802. The normalized spacial score (nSPS) is 16.7. The van der Waals surface area contributed by atoms with E-state index in [0.717, 1.165) is 37.2 Å². The van der Waals surface area contributed by atoms with E-state index < -0.39 is 0 Å². The maximum atomic E-state index is 12.5. The van der Waals surface area contributed by atoms with Gasteiger partial charge in [-0.15, -0.1) is 0 Å². The fourth-order valence-electron chi connectivity index (χ4n) is 3.34. The molecule has 3 rings (SSSR count). The molecule has 1 atom stereocenters. The van der Waals surface area contributed by atoms with Gasteiger partial charge in [0.05, 0.1) is 13.2 Å². The van der Waals surface area contributed by atoms with Gasteiger partial charge in [0.15, 0.2) is 0 Å². The van der Waals surface area contributed by atoms with Crippen LogP contribution in [0, 0.1) is 0 Å². The maximum absolute atomic E-state index is 12.5. The van der Waals surface area contributed by atoms with Crippen molar-refractivity contribution >= 4 is 6.03 Å². The zero-order valence-electron chi connectivity index (χ0n) is 14.3. The third-order valence-electron chi connectivity index (χ3n) is 4.75. The van der Waals surface area contributed by atoms with E-state index in [-0.39, 0.29) is 12.1 Å². The van der Waals surface area contributed by atoms with Crippen molar-refractivity contribution in [3.63, 3.8) is 0 Å². The van der Waals surface area contributed by atoms with Crippen LogP contribution in [0.4, 0.5) is 4.79 Å². The SMILES string of the molecule is COc1ccccc1C(C)NC(=O)N1CCC(n2cccc2)CC1. The number of hydrogen-bond acceptors (Lipinski definition) is 2. The molecule has 0 spiro atoms. The first kappa shape index (κ1) is 16.4. The first-order valence-electron chi connectivity index (χ1n) is 8.50. The van der Waals surface area contributed by atoms with Crippen LogP contribution in [0.15, 0.2) is 48.8 Å². The molecule has 1 aromatic heterocycles. The molecule has 1 saturated heterocycles. The molecule has 0 aliphatic carbocycles. The van der Waals surface area contributed by atoms with Gasteiger partial charge in [-0.1, -0.05) is 18.2 Å². The second-order valence-electron chi connectivity index (χ2n) is 6.26. The van der Waals surface area contributed by atoms with Crippen LogP contribution in [-0.4, -0.2) is 35.7 Å². The highest BCUT2D eigenvalue weighted by Gasteiger charge is 2.24. The first-order valence-corrected chi connectivity index (χ1v) is 8.50. The lowest BCUT2D eigenvalue weighted by atomic mass is 10.0. The van der Waals surface area contributed by atoms with Crippen LogP contribution in [0.2, 0.25) is 0 Å². The van der Waals surface area contributed by atoms with Gasteiger partial charge in [-0.2, -0.15) is 0 Å². The van der Waals surface area contributed by atoms with Crippen molar-refractivity contribution in [1.29, 1.82) is 0 Å². The summed E-state index contributed by atoms with van der Waals surface area (Å²) in [6.45, 7) is 3.56. The van der Waals surface area contributed by atoms with Crippen LogP contribution in [0.25, 0.3) is 0 Å². The summed E-state index contributed by atoms with van der Waals surface area (Å²) in [6, 6.07) is 12.3. The van der Waals surface area contributed by atoms with Gasteiger partial charge in [-0.3, -0.25) is 0 Å². The maximum Gasteiger partial charge on any atom is 0.317 e. The van der Waals surface area contributed by atoms with Crippen LogP contribution >= 0.6 is 0 Å². The molecule has 1 aliphatic heterocycles. The van der Waals surface area contributed by atoms with Crippen LogP contribution in [0.3, 0.4) is 0 Å². The van der Waals surface area contributed by atoms with Crippen molar-refractivity contribution in [1.82, 2.24) is 14.8 Å². The van der Waals surface area contributed by atoms with E-state index in [1.54, 1.807) is 7.11 Å². The Morgan fingerprint density at radius 1 is 1.17 bits per heavy atom. The van der Waals surface area contributed by atoms with Gasteiger partial charge in [-0.25, -0.2) is 4.79 Å². The molecule has 2 amide bonds. The van der Waals surface area contributed by atoms with E-state index >= 15 is 0 Å². The second-order valence-corrected chi connectivity index (χ2v) is 6.26. The molecule has 1 aliphatic rings. The lowest BCUT2D eigenvalue weighted by molar-refractivity contribution is 0.169. The Labute approximate surface area is 143 Å². The third-order valence-corrected chi connectivity index (χ3v) is 4.75. The summed E-state index contributed by atoms with van der Waals surface area (Å²) < 4.78 is 7.62. The Morgan fingerprint density at radius 2 is 1.83 bits per heavy atom. The second kappa shape index (κ2) is 7.43. The molecule has 0 saturated carbocycles. The van der Waals surface area contributed by atoms with Crippen molar-refractivity contribution in [2.45, 2.75) is 31.8 Å². The largest absolute Gasteiger partial charge is 0.496 e. The van der Waals surface area contributed by atoms with Gasteiger partial charge >= 0.3 is 6.03 Å². The standard InChI is InChI=1S/C19H25N3O2/c1-15(17-7-3-4-8-18(17)24-2)20-19(23)22-13-9-16(10-14-22)21-11-5-6-12-21/h3-8,11-12,15-16H,9-10,13-14H2,1-2H3,(H,20,23). The fraction of sp³-hybridized carbons (Fsp3) is 0.421. The van der Waals surface area contributed by atoms with E-state index in [4.69, 9.17) is 4.74 Å². The molecular formula is C19H25N3O2. The summed E-state index contributed by atoms with van der Waals surface area (Å²) in [6.07, 6.45) is 6.19. The number of ether oxygens (including phenoxy) is 1. The average Bonchev–Trinajstić information content (AvgIpc) is 3.16. The van der Waals surface area contributed by atoms with Gasteiger partial charge in [-0.05, 0) is 38.0 Å². The zero-order chi connectivity index (χ0) is 16.9. The number of piperidine rings is 1. The minimum Gasteiger partial charge on any atom is -0.496 e. The number of nitrogens with zero attached hydrogens (tertiary/aromatic N) is 2. The number of carbonyl (C=O) groups excluding carboxylic acids is 1. The van der Waals surface area contributed by atoms with Gasteiger partial charge in [0.2, 0.25) is 0 Å². The van der Waals surface area contributed by atoms with Gasteiger partial charge in [0.1, 0.15) is 5.75 Å². The number of aromatic nitrogens is 1. The molecule has 5 nitrogen and oxygen atoms in total. The Balaban J connectivity index is 1.56. The molecule has 1 unspecified atom stereocenters. The number of benzene rings is 1. The number of nitrogens with one attached hydrogen (secondary N) is 1. The zero-order valence-corrected chi connectivity index (χ0v) is 14.3. The first-order chi connectivity index (χ1) is 11.7. The number of urea groups is 1. The summed E-state index contributed by atoms with van der Waals surface area (Å²) in [5, 5.41) is 3.09. The molecule has 1 fully saturated rings. The molecule has 2 aromatic rings. The van der Waals surface area contributed by atoms with E-state index in [0.29, 0.717) is 6.04 Å². The third kappa shape index (κ3) is 3.55. The molecule has 1 N–H and O–H groups in total. The number of methoxy groups -OCH3 is 1. The molecule has 0 bridgehead atoms. The highest BCUT2D eigenvalue weighted by Crippen LogP contribution is 2.26. The molecule has 128 valence electrons. The minimum absolute atomic E-state index is 0.000591. The van der Waals surface area contributed by atoms with Gasteiger partial charge < -0.3 is 19.5 Å². The van der Waals surface area contributed by atoms with E-state index in [9.17, 15) is 4.79 Å². The van der Waals surface area contributed by atoms with Crippen LogP contribution in [0.1, 0.15) is 37.4 Å². The van der Waals surface area contributed by atoms with Crippen molar-refractivity contribution in [2.75, 3.05) is 20.2 Å². The fourth-order valence-corrected chi connectivity index (χ4v) is 3.34. The lowest BCUT2D eigenvalue weighted by Gasteiger charge is -2.33. The predicted octanol–water partition coefficient (Wildman–Crippen LogP) is 3.60. The topological polar surface area (TPSA) is 46.5 Å². The van der Waals surface area contributed by atoms with Crippen LogP contribution in [-0.2, 0) is 0 Å². The van der Waals surface area contributed by atoms with Crippen molar-refractivity contribution in [3.05, 3.63) is 54.4 Å². The number of rotatable bonds is 4. The molecule has 2 heterocycles. The summed E-state index contributed by atoms with van der Waals surface area (Å²) in [5.41, 5.74) is 0.996. The number of carbonyl (C=O) groups is 1. The van der Waals surface area contributed by atoms with E-state index in [1.165, 1.54) is 0 Å².